The number of alkyl halides is 3. The second kappa shape index (κ2) is 13.8. The van der Waals surface area contributed by atoms with Crippen molar-refractivity contribution in [2.75, 3.05) is 5.32 Å². The Morgan fingerprint density at radius 3 is 1.90 bits per heavy atom. The molecule has 7 heteroatoms. The summed E-state index contributed by atoms with van der Waals surface area (Å²) in [5.74, 6) is -3.04. The lowest BCUT2D eigenvalue weighted by Crippen LogP contribution is -2.20. The third-order valence-electron chi connectivity index (χ3n) is 4.77. The summed E-state index contributed by atoms with van der Waals surface area (Å²) >= 11 is 0. The van der Waals surface area contributed by atoms with E-state index in [1.165, 1.54) is 69.2 Å². The van der Waals surface area contributed by atoms with E-state index in [2.05, 4.69) is 12.2 Å². The third-order valence-corrected chi connectivity index (χ3v) is 4.77. The van der Waals surface area contributed by atoms with Gasteiger partial charge in [0.05, 0.1) is 0 Å². The predicted molar refractivity (Wildman–Crippen MR) is 113 cm³/mol. The number of carbonyl (C=O) groups is 2. The van der Waals surface area contributed by atoms with Crippen LogP contribution in [0.1, 0.15) is 83.1 Å². The maximum absolute atomic E-state index is 12.2. The summed E-state index contributed by atoms with van der Waals surface area (Å²) < 4.78 is 36.7. The van der Waals surface area contributed by atoms with Crippen LogP contribution in [0.15, 0.2) is 30.3 Å². The first-order valence-corrected chi connectivity index (χ1v) is 10.7. The zero-order valence-electron chi connectivity index (χ0n) is 17.6. The first-order chi connectivity index (χ1) is 14.2. The normalized spacial score (nSPS) is 12.1. The first kappa shape index (κ1) is 25.7. The van der Waals surface area contributed by atoms with Gasteiger partial charge in [0, 0.05) is 23.7 Å². The Kier molecular flexibility index (Phi) is 11.9. The molecular weight excluding hydrogens is 395 g/mol. The summed E-state index contributed by atoms with van der Waals surface area (Å²) in [4.78, 5) is 22.9. The Hall–Kier alpha value is -2.31. The van der Waals surface area contributed by atoms with Crippen molar-refractivity contribution in [3.05, 3.63) is 35.9 Å². The number of nitrogens with one attached hydrogen (secondary N) is 1. The van der Waals surface area contributed by atoms with Crippen molar-refractivity contribution >= 4 is 23.1 Å². The standard InChI is InChI=1S/C23H32F3NO3/c1-2-3-4-5-6-7-8-9-10-11-12-22(30)27-19-15-13-18(14-16-19)20(28)17-21(29)23(24,25)26/h13-17,28H,2-12H2,1H3,(H,27,30)/b20-17-. The first-order valence-electron chi connectivity index (χ1n) is 10.7. The molecule has 0 aliphatic rings. The second-order valence-electron chi connectivity index (χ2n) is 7.45. The fourth-order valence-corrected chi connectivity index (χ4v) is 3.01. The van der Waals surface area contributed by atoms with E-state index in [1.54, 1.807) is 0 Å². The highest BCUT2D eigenvalue weighted by molar-refractivity contribution is 5.99. The van der Waals surface area contributed by atoms with Gasteiger partial charge in [-0.3, -0.25) is 9.59 Å². The molecule has 0 atom stereocenters. The molecule has 0 fully saturated rings. The molecule has 0 saturated heterocycles. The van der Waals surface area contributed by atoms with Crippen LogP contribution in [-0.4, -0.2) is 23.0 Å². The molecule has 0 aliphatic carbocycles. The van der Waals surface area contributed by atoms with Crippen molar-refractivity contribution in [3.8, 4) is 0 Å². The maximum Gasteiger partial charge on any atom is 0.454 e. The Morgan fingerprint density at radius 2 is 1.40 bits per heavy atom. The van der Waals surface area contributed by atoms with Gasteiger partial charge in [0.2, 0.25) is 5.91 Å². The van der Waals surface area contributed by atoms with E-state index in [1.807, 2.05) is 0 Å². The molecule has 168 valence electrons. The summed E-state index contributed by atoms with van der Waals surface area (Å²) in [7, 11) is 0. The van der Waals surface area contributed by atoms with E-state index in [0.717, 1.165) is 19.3 Å². The van der Waals surface area contributed by atoms with Crippen molar-refractivity contribution in [2.45, 2.75) is 83.7 Å². The van der Waals surface area contributed by atoms with Crippen LogP contribution >= 0.6 is 0 Å². The lowest BCUT2D eigenvalue weighted by Gasteiger charge is -2.07. The largest absolute Gasteiger partial charge is 0.507 e. The molecule has 4 nitrogen and oxygen atoms in total. The number of aliphatic hydroxyl groups is 1. The van der Waals surface area contributed by atoms with Gasteiger partial charge < -0.3 is 10.4 Å². The molecule has 0 heterocycles. The minimum Gasteiger partial charge on any atom is -0.507 e. The van der Waals surface area contributed by atoms with Gasteiger partial charge in [-0.1, -0.05) is 64.7 Å². The van der Waals surface area contributed by atoms with Crippen LogP contribution in [0.3, 0.4) is 0 Å². The SMILES string of the molecule is CCCCCCCCCCCCC(=O)Nc1ccc(/C(O)=C/C(=O)C(F)(F)F)cc1. The van der Waals surface area contributed by atoms with Crippen molar-refractivity contribution < 1.29 is 27.9 Å². The molecule has 0 bridgehead atoms. The lowest BCUT2D eigenvalue weighted by atomic mass is 10.1. The Labute approximate surface area is 176 Å². The zero-order chi connectivity index (χ0) is 22.4. The fraction of sp³-hybridized carbons (Fsp3) is 0.565. The van der Waals surface area contributed by atoms with Crippen LogP contribution < -0.4 is 5.32 Å². The number of ketones is 1. The predicted octanol–water partition coefficient (Wildman–Crippen LogP) is 6.97. The van der Waals surface area contributed by atoms with E-state index < -0.39 is 17.7 Å². The molecule has 0 spiro atoms. The summed E-state index contributed by atoms with van der Waals surface area (Å²) in [5.41, 5.74) is 0.533. The molecule has 1 rings (SSSR count). The monoisotopic (exact) mass is 427 g/mol. The number of anilines is 1. The molecule has 1 aromatic rings. The number of unbranched alkanes of at least 4 members (excludes halogenated alkanes) is 9. The summed E-state index contributed by atoms with van der Waals surface area (Å²) in [6, 6.07) is 5.61. The highest BCUT2D eigenvalue weighted by Gasteiger charge is 2.37. The number of hydrogen-bond donors (Lipinski definition) is 2. The number of rotatable bonds is 14. The molecule has 0 radical (unpaired) electrons. The van der Waals surface area contributed by atoms with Crippen molar-refractivity contribution in [2.24, 2.45) is 0 Å². The third kappa shape index (κ3) is 11.0. The van der Waals surface area contributed by atoms with Gasteiger partial charge in [0.15, 0.2) is 0 Å². The summed E-state index contributed by atoms with van der Waals surface area (Å²) in [6.45, 7) is 2.21. The van der Waals surface area contributed by atoms with E-state index >= 15 is 0 Å². The van der Waals surface area contributed by atoms with Crippen molar-refractivity contribution in [3.63, 3.8) is 0 Å². The molecular formula is C23H32F3NO3. The van der Waals surface area contributed by atoms with E-state index in [0.29, 0.717) is 12.1 Å². The van der Waals surface area contributed by atoms with Gasteiger partial charge in [-0.05, 0) is 30.7 Å². The Morgan fingerprint density at radius 1 is 0.900 bits per heavy atom. The number of aliphatic hydroxyl groups excluding tert-OH is 1. The molecule has 0 aromatic heterocycles. The number of benzene rings is 1. The van der Waals surface area contributed by atoms with Gasteiger partial charge >= 0.3 is 6.18 Å². The van der Waals surface area contributed by atoms with Gasteiger partial charge in [-0.2, -0.15) is 13.2 Å². The van der Waals surface area contributed by atoms with Crippen LogP contribution in [0.25, 0.3) is 5.76 Å². The lowest BCUT2D eigenvalue weighted by molar-refractivity contribution is -0.165. The molecule has 1 aromatic carbocycles. The van der Waals surface area contributed by atoms with Crippen LogP contribution in [0.2, 0.25) is 0 Å². The van der Waals surface area contributed by atoms with E-state index in [-0.39, 0.29) is 17.5 Å². The van der Waals surface area contributed by atoms with Gasteiger partial charge in [0.1, 0.15) is 5.76 Å². The average molecular weight is 428 g/mol. The Bertz CT molecular complexity index is 682. The van der Waals surface area contributed by atoms with E-state index in [4.69, 9.17) is 0 Å². The van der Waals surface area contributed by atoms with Gasteiger partial charge in [0.25, 0.3) is 5.78 Å². The minimum absolute atomic E-state index is 0.0558. The fourth-order valence-electron chi connectivity index (χ4n) is 3.01. The molecule has 0 saturated carbocycles. The highest BCUT2D eigenvalue weighted by atomic mass is 19.4. The number of halogens is 3. The van der Waals surface area contributed by atoms with Crippen LogP contribution in [-0.2, 0) is 9.59 Å². The highest BCUT2D eigenvalue weighted by Crippen LogP contribution is 2.21. The maximum atomic E-state index is 12.2. The average Bonchev–Trinajstić information content (AvgIpc) is 2.69. The summed E-state index contributed by atoms with van der Waals surface area (Å²) in [6.07, 6.45) is 7.38. The molecule has 1 amide bonds. The Balaban J connectivity index is 2.27. The second-order valence-corrected chi connectivity index (χ2v) is 7.45. The van der Waals surface area contributed by atoms with Crippen LogP contribution in [0, 0.1) is 0 Å². The molecule has 30 heavy (non-hydrogen) atoms. The number of hydrogen-bond acceptors (Lipinski definition) is 3. The topological polar surface area (TPSA) is 66.4 Å². The molecule has 0 aliphatic heterocycles. The number of carbonyl (C=O) groups excluding carboxylic acids is 2. The van der Waals surface area contributed by atoms with E-state index in [9.17, 15) is 27.9 Å². The van der Waals surface area contributed by atoms with Crippen LogP contribution in [0.5, 0.6) is 0 Å². The molecule has 2 N–H and O–H groups in total. The quantitative estimate of drug-likeness (QED) is 0.191. The molecule has 0 unspecified atom stereocenters. The van der Waals surface area contributed by atoms with Gasteiger partial charge in [-0.25, -0.2) is 0 Å². The zero-order valence-corrected chi connectivity index (χ0v) is 17.6. The number of allylic oxidation sites excluding steroid dienone is 1. The van der Waals surface area contributed by atoms with Crippen molar-refractivity contribution in [1.29, 1.82) is 0 Å². The summed E-state index contributed by atoms with van der Waals surface area (Å²) in [5, 5.41) is 12.4. The van der Waals surface area contributed by atoms with Crippen LogP contribution in [0.4, 0.5) is 18.9 Å². The minimum atomic E-state index is -5.03. The smallest absolute Gasteiger partial charge is 0.454 e. The number of amides is 1. The van der Waals surface area contributed by atoms with Gasteiger partial charge in [-0.15, -0.1) is 0 Å². The van der Waals surface area contributed by atoms with Crippen molar-refractivity contribution in [1.82, 2.24) is 0 Å².